The van der Waals surface area contributed by atoms with E-state index in [1.54, 1.807) is 0 Å². The van der Waals surface area contributed by atoms with Crippen LogP contribution in [0.15, 0.2) is 0 Å². The van der Waals surface area contributed by atoms with Crippen LogP contribution >= 0.6 is 23.5 Å². The summed E-state index contributed by atoms with van der Waals surface area (Å²) in [6, 6.07) is 0. The molecular weight excluding hydrogens is 500 g/mol. The summed E-state index contributed by atoms with van der Waals surface area (Å²) in [5, 5.41) is 0. The van der Waals surface area contributed by atoms with Gasteiger partial charge in [0.2, 0.25) is 0 Å². The number of unbranched alkanes of at least 4 members (excludes halogenated alkanes) is 12. The molecule has 1 spiro atoms. The molecule has 0 amide bonds. The van der Waals surface area contributed by atoms with Crippen molar-refractivity contribution in [1.82, 2.24) is 0 Å². The molecule has 0 N–H and O–H groups in total. The van der Waals surface area contributed by atoms with Gasteiger partial charge in [-0.25, -0.2) is 0 Å². The minimum atomic E-state index is -0.106. The first-order valence-electron chi connectivity index (χ1n) is 15.9. The Morgan fingerprint density at radius 2 is 0.784 bits per heavy atom. The van der Waals surface area contributed by atoms with E-state index in [1.165, 1.54) is 126 Å². The first-order valence-corrected chi connectivity index (χ1v) is 18.2. The summed E-state index contributed by atoms with van der Waals surface area (Å²) < 4.78 is 24.3. The van der Waals surface area contributed by atoms with Crippen LogP contribution in [0.5, 0.6) is 0 Å². The van der Waals surface area contributed by atoms with Crippen LogP contribution in [0.2, 0.25) is 0 Å². The van der Waals surface area contributed by atoms with Gasteiger partial charge in [0.25, 0.3) is 0 Å². The lowest BCUT2D eigenvalue weighted by Crippen LogP contribution is -2.52. The summed E-state index contributed by atoms with van der Waals surface area (Å²) >= 11 is 4.19. The molecular formula is C31H60O4S2. The van der Waals surface area contributed by atoms with Crippen molar-refractivity contribution >= 4 is 23.5 Å². The van der Waals surface area contributed by atoms with Crippen LogP contribution in [0.3, 0.4) is 0 Å². The summed E-state index contributed by atoms with van der Waals surface area (Å²) in [5.74, 6) is 5.04. The number of rotatable bonds is 24. The average molecular weight is 561 g/mol. The van der Waals surface area contributed by atoms with E-state index in [4.69, 9.17) is 18.9 Å². The van der Waals surface area contributed by atoms with Gasteiger partial charge in [0.15, 0.2) is 12.6 Å². The van der Waals surface area contributed by atoms with Crippen LogP contribution in [-0.4, -0.2) is 62.0 Å². The largest absolute Gasteiger partial charge is 0.352 e. The van der Waals surface area contributed by atoms with Crippen molar-refractivity contribution in [3.63, 3.8) is 0 Å². The average Bonchev–Trinajstić information content (AvgIpc) is 2.92. The lowest BCUT2D eigenvalue weighted by molar-refractivity contribution is -0.303. The minimum Gasteiger partial charge on any atom is -0.352 e. The summed E-state index contributed by atoms with van der Waals surface area (Å²) in [6.45, 7) is 7.36. The second-order valence-corrected chi connectivity index (χ2v) is 13.8. The zero-order valence-electron chi connectivity index (χ0n) is 24.5. The number of ether oxygens (including phenoxy) is 4. The van der Waals surface area contributed by atoms with Gasteiger partial charge >= 0.3 is 0 Å². The van der Waals surface area contributed by atoms with Gasteiger partial charge in [0.05, 0.1) is 31.8 Å². The molecule has 2 fully saturated rings. The summed E-state index contributed by atoms with van der Waals surface area (Å²) in [5.41, 5.74) is -0.106. The van der Waals surface area contributed by atoms with Gasteiger partial charge in [-0.05, 0) is 61.5 Å². The predicted molar refractivity (Wildman–Crippen MR) is 163 cm³/mol. The molecule has 0 unspecified atom stereocenters. The molecule has 2 aliphatic heterocycles. The summed E-state index contributed by atoms with van der Waals surface area (Å²) in [4.78, 5) is 0. The molecule has 2 rings (SSSR count). The second kappa shape index (κ2) is 23.3. The molecule has 0 bridgehead atoms. The maximum atomic E-state index is 6.08. The standard InChI is InChI=1S/C31H60O4S2/c1-3-5-7-9-11-13-15-21-36-23-17-19-29-32-25-31(26-33-29)27-34-30(35-28-31)20-18-24-37-22-16-14-12-10-8-6-4-2/h29-30H,3-28H2,1-2H3. The molecule has 2 saturated heterocycles. The van der Waals surface area contributed by atoms with Gasteiger partial charge in [-0.15, -0.1) is 0 Å². The van der Waals surface area contributed by atoms with E-state index in [1.807, 2.05) is 0 Å². The van der Waals surface area contributed by atoms with Crippen LogP contribution in [0, 0.1) is 5.41 Å². The Hall–Kier alpha value is 0.540. The summed E-state index contributed by atoms with van der Waals surface area (Å²) in [7, 11) is 0. The van der Waals surface area contributed by atoms with Crippen LogP contribution in [-0.2, 0) is 18.9 Å². The second-order valence-electron chi connectivity index (χ2n) is 11.4. The molecule has 0 aromatic heterocycles. The van der Waals surface area contributed by atoms with Crippen molar-refractivity contribution in [3.05, 3.63) is 0 Å². The lowest BCUT2D eigenvalue weighted by Gasteiger charge is -2.43. The smallest absolute Gasteiger partial charge is 0.157 e. The highest BCUT2D eigenvalue weighted by molar-refractivity contribution is 7.99. The van der Waals surface area contributed by atoms with Crippen LogP contribution in [0.25, 0.3) is 0 Å². The molecule has 0 radical (unpaired) electrons. The van der Waals surface area contributed by atoms with Gasteiger partial charge in [-0.2, -0.15) is 23.5 Å². The first kappa shape index (κ1) is 33.7. The van der Waals surface area contributed by atoms with Crippen molar-refractivity contribution in [2.75, 3.05) is 49.4 Å². The van der Waals surface area contributed by atoms with E-state index in [2.05, 4.69) is 37.4 Å². The molecule has 0 aromatic rings. The lowest BCUT2D eigenvalue weighted by atomic mass is 9.90. The fourth-order valence-corrected chi connectivity index (χ4v) is 6.96. The van der Waals surface area contributed by atoms with E-state index >= 15 is 0 Å². The van der Waals surface area contributed by atoms with E-state index in [9.17, 15) is 0 Å². The zero-order valence-corrected chi connectivity index (χ0v) is 26.1. The Kier molecular flexibility index (Phi) is 21.2. The third-order valence-corrected chi connectivity index (χ3v) is 9.85. The van der Waals surface area contributed by atoms with Gasteiger partial charge in [0.1, 0.15) is 0 Å². The monoisotopic (exact) mass is 560 g/mol. The molecule has 6 heteroatoms. The maximum absolute atomic E-state index is 6.08. The molecule has 2 heterocycles. The van der Waals surface area contributed by atoms with Gasteiger partial charge in [0, 0.05) is 0 Å². The fourth-order valence-electron chi connectivity index (χ4n) is 4.99. The number of thioether (sulfide) groups is 2. The highest BCUT2D eigenvalue weighted by Gasteiger charge is 2.41. The number of hydrogen-bond donors (Lipinski definition) is 0. The molecule has 2 aliphatic rings. The Morgan fingerprint density at radius 3 is 1.16 bits per heavy atom. The van der Waals surface area contributed by atoms with Crippen molar-refractivity contribution in [2.24, 2.45) is 5.41 Å². The minimum absolute atomic E-state index is 0.0455. The molecule has 220 valence electrons. The molecule has 0 aromatic carbocycles. The topological polar surface area (TPSA) is 36.9 Å². The first-order chi connectivity index (χ1) is 18.3. The van der Waals surface area contributed by atoms with Crippen molar-refractivity contribution in [1.29, 1.82) is 0 Å². The van der Waals surface area contributed by atoms with Crippen molar-refractivity contribution in [2.45, 2.75) is 142 Å². The van der Waals surface area contributed by atoms with Crippen LogP contribution in [0.4, 0.5) is 0 Å². The third kappa shape index (κ3) is 17.1. The van der Waals surface area contributed by atoms with Gasteiger partial charge < -0.3 is 18.9 Å². The Labute approximate surface area is 238 Å². The van der Waals surface area contributed by atoms with Gasteiger partial charge in [-0.3, -0.25) is 0 Å². The quantitative estimate of drug-likeness (QED) is 0.110. The van der Waals surface area contributed by atoms with Crippen LogP contribution in [0.1, 0.15) is 129 Å². The molecule has 0 saturated carbocycles. The highest BCUT2D eigenvalue weighted by atomic mass is 32.2. The Morgan fingerprint density at radius 1 is 0.459 bits per heavy atom. The van der Waals surface area contributed by atoms with Gasteiger partial charge in [-0.1, -0.05) is 90.9 Å². The van der Waals surface area contributed by atoms with E-state index in [-0.39, 0.29) is 18.0 Å². The van der Waals surface area contributed by atoms with E-state index < -0.39 is 0 Å². The van der Waals surface area contributed by atoms with E-state index in [0.717, 1.165) is 12.8 Å². The van der Waals surface area contributed by atoms with E-state index in [0.29, 0.717) is 26.4 Å². The van der Waals surface area contributed by atoms with Crippen LogP contribution < -0.4 is 0 Å². The highest BCUT2D eigenvalue weighted by Crippen LogP contribution is 2.32. The number of hydrogen-bond acceptors (Lipinski definition) is 6. The van der Waals surface area contributed by atoms with Crippen molar-refractivity contribution in [3.8, 4) is 0 Å². The SMILES string of the molecule is CCCCCCCCCSCCCC1OCC2(CO1)COC(CCCSCCCCCCCCC)OC2. The molecule has 4 nitrogen and oxygen atoms in total. The summed E-state index contributed by atoms with van der Waals surface area (Å²) in [6.07, 6.45) is 23.8. The van der Waals surface area contributed by atoms with Crippen molar-refractivity contribution < 1.29 is 18.9 Å². The predicted octanol–water partition coefficient (Wildman–Crippen LogP) is 9.25. The fraction of sp³-hybridized carbons (Fsp3) is 1.00. The normalized spacial score (nSPS) is 24.2. The molecule has 0 aliphatic carbocycles. The molecule has 37 heavy (non-hydrogen) atoms. The zero-order chi connectivity index (χ0) is 26.3. The Balaban J connectivity index is 1.36. The molecule has 0 atom stereocenters. The maximum Gasteiger partial charge on any atom is 0.157 e. The Bertz CT molecular complexity index is 444. The third-order valence-electron chi connectivity index (χ3n) is 7.54.